The molecule has 0 saturated carbocycles. The fourth-order valence-corrected chi connectivity index (χ4v) is 5.62. The number of hydrogen-bond acceptors (Lipinski definition) is 8. The van der Waals surface area contributed by atoms with E-state index in [-0.39, 0.29) is 24.0 Å². The van der Waals surface area contributed by atoms with E-state index < -0.39 is 42.0 Å². The van der Waals surface area contributed by atoms with E-state index in [1.54, 1.807) is 25.3 Å². The lowest BCUT2D eigenvalue weighted by Gasteiger charge is -2.36. The first-order valence-corrected chi connectivity index (χ1v) is 16.5. The number of fused-ring (bicyclic) bond motifs is 2. The Labute approximate surface area is 273 Å². The number of phenolic OH excluding ortho intramolecular Hbond substituents is 1. The Hall–Kier alpha value is -3.70. The number of esters is 1. The molecule has 0 spiro atoms. The van der Waals surface area contributed by atoms with Gasteiger partial charge in [-0.1, -0.05) is 44.2 Å². The van der Waals surface area contributed by atoms with Gasteiger partial charge in [-0.15, -0.1) is 0 Å². The summed E-state index contributed by atoms with van der Waals surface area (Å²) in [5.41, 5.74) is 4.61. The second-order valence-corrected chi connectivity index (χ2v) is 12.5. The standard InChI is InChI=1S/C35H52N4O7/c1-24(2)32-33(42)36-29(23-26-14-12-15-27(40)22-26)34(43)39-20-13-16-28(38-39)35(44)46-30(25(3)19-21-45-4)17-10-8-6-5-7-9-11-18-31(41)37-32/h5-6,12,14-15,19,22,24,28-30,32,38,40H,7-11,13,16-18,20-21,23H2,1-4H3,(H,36,42)(H,37,41)/b6-5+,25-19+/t28-,29-,30-,32-/m0/s1. The number of phenols is 1. The lowest BCUT2D eigenvalue weighted by molar-refractivity contribution is -0.156. The topological polar surface area (TPSA) is 146 Å². The Morgan fingerprint density at radius 3 is 2.54 bits per heavy atom. The van der Waals surface area contributed by atoms with E-state index >= 15 is 0 Å². The lowest BCUT2D eigenvalue weighted by atomic mass is 10.00. The van der Waals surface area contributed by atoms with Crippen LogP contribution in [0.25, 0.3) is 0 Å². The second kappa shape index (κ2) is 19.1. The van der Waals surface area contributed by atoms with Crippen molar-refractivity contribution in [2.24, 2.45) is 5.92 Å². The highest BCUT2D eigenvalue weighted by Crippen LogP contribution is 2.20. The Morgan fingerprint density at radius 2 is 1.83 bits per heavy atom. The highest BCUT2D eigenvalue weighted by Gasteiger charge is 2.35. The molecular weight excluding hydrogens is 588 g/mol. The Kier molecular flexibility index (Phi) is 15.2. The van der Waals surface area contributed by atoms with Crippen LogP contribution in [0.5, 0.6) is 5.75 Å². The summed E-state index contributed by atoms with van der Waals surface area (Å²) in [5.74, 6) is -1.73. The van der Waals surface area contributed by atoms with Gasteiger partial charge in [0.15, 0.2) is 0 Å². The van der Waals surface area contributed by atoms with Crippen molar-refractivity contribution in [3.8, 4) is 5.75 Å². The molecule has 1 aromatic rings. The van der Waals surface area contributed by atoms with Crippen LogP contribution in [0.1, 0.15) is 84.1 Å². The van der Waals surface area contributed by atoms with Gasteiger partial charge in [-0.3, -0.25) is 24.2 Å². The number of hydrogen-bond donors (Lipinski definition) is 4. The number of rotatable bonds is 6. The molecule has 2 bridgehead atoms. The third-order valence-corrected chi connectivity index (χ3v) is 8.33. The van der Waals surface area contributed by atoms with Crippen LogP contribution in [0.3, 0.4) is 0 Å². The van der Waals surface area contributed by atoms with Crippen LogP contribution in [0.15, 0.2) is 48.1 Å². The Bertz CT molecular complexity index is 1230. The number of hydrazine groups is 1. The number of ether oxygens (including phenoxy) is 2. The zero-order chi connectivity index (χ0) is 33.5. The average molecular weight is 641 g/mol. The van der Waals surface area contributed by atoms with Crippen molar-refractivity contribution in [1.82, 2.24) is 21.1 Å². The summed E-state index contributed by atoms with van der Waals surface area (Å²) in [6.45, 7) is 6.35. The molecule has 11 nitrogen and oxygen atoms in total. The van der Waals surface area contributed by atoms with Crippen LogP contribution in [0.2, 0.25) is 0 Å². The summed E-state index contributed by atoms with van der Waals surface area (Å²) >= 11 is 0. The molecule has 46 heavy (non-hydrogen) atoms. The Balaban J connectivity index is 1.88. The molecule has 4 atom stereocenters. The predicted molar refractivity (Wildman–Crippen MR) is 175 cm³/mol. The fraction of sp³-hybridized carbons (Fsp3) is 0.600. The Morgan fingerprint density at radius 1 is 1.07 bits per heavy atom. The number of cyclic esters (lactones) is 1. The van der Waals surface area contributed by atoms with E-state index in [1.807, 2.05) is 26.8 Å². The number of aromatic hydroxyl groups is 1. The van der Waals surface area contributed by atoms with E-state index in [9.17, 15) is 24.3 Å². The third kappa shape index (κ3) is 11.9. The maximum absolute atomic E-state index is 14.0. The van der Waals surface area contributed by atoms with Crippen LogP contribution in [0.4, 0.5) is 0 Å². The monoisotopic (exact) mass is 640 g/mol. The van der Waals surface area contributed by atoms with Crippen molar-refractivity contribution in [2.75, 3.05) is 20.3 Å². The van der Waals surface area contributed by atoms with Crippen LogP contribution in [-0.2, 0) is 35.1 Å². The molecule has 4 N–H and O–H groups in total. The van der Waals surface area contributed by atoms with Gasteiger partial charge in [0.2, 0.25) is 11.8 Å². The number of nitrogens with zero attached hydrogens (tertiary/aromatic N) is 1. The second-order valence-electron chi connectivity index (χ2n) is 12.5. The van der Waals surface area contributed by atoms with Crippen molar-refractivity contribution in [3.63, 3.8) is 0 Å². The predicted octanol–water partition coefficient (Wildman–Crippen LogP) is 3.86. The highest BCUT2D eigenvalue weighted by molar-refractivity contribution is 5.92. The van der Waals surface area contributed by atoms with E-state index in [4.69, 9.17) is 9.47 Å². The average Bonchev–Trinajstić information content (AvgIpc) is 3.03. The first kappa shape index (κ1) is 36.8. The number of methoxy groups -OCH3 is 1. The van der Waals surface area contributed by atoms with Crippen molar-refractivity contribution < 1.29 is 33.8 Å². The molecule has 0 aliphatic carbocycles. The molecule has 0 radical (unpaired) electrons. The van der Waals surface area contributed by atoms with Gasteiger partial charge in [0.05, 0.1) is 6.61 Å². The van der Waals surface area contributed by atoms with Crippen molar-refractivity contribution in [2.45, 2.75) is 109 Å². The summed E-state index contributed by atoms with van der Waals surface area (Å²) in [4.78, 5) is 53.8. The normalized spacial score (nSPS) is 25.9. The van der Waals surface area contributed by atoms with E-state index in [0.717, 1.165) is 31.3 Å². The first-order chi connectivity index (χ1) is 22.1. The quantitative estimate of drug-likeness (QED) is 0.271. The number of carbonyl (C=O) groups is 4. The van der Waals surface area contributed by atoms with Crippen molar-refractivity contribution in [3.05, 3.63) is 53.6 Å². The first-order valence-electron chi connectivity index (χ1n) is 16.5. The van der Waals surface area contributed by atoms with Gasteiger partial charge in [0.1, 0.15) is 30.0 Å². The molecule has 254 valence electrons. The van der Waals surface area contributed by atoms with Gasteiger partial charge < -0.3 is 25.2 Å². The molecule has 3 rings (SSSR count). The molecule has 1 aromatic carbocycles. The van der Waals surface area contributed by atoms with Gasteiger partial charge in [-0.05, 0) is 87.5 Å². The van der Waals surface area contributed by atoms with E-state index in [2.05, 4.69) is 28.2 Å². The minimum absolute atomic E-state index is 0.0424. The van der Waals surface area contributed by atoms with Crippen LogP contribution in [0, 0.1) is 5.92 Å². The fourth-order valence-electron chi connectivity index (χ4n) is 5.62. The molecule has 3 amide bonds. The third-order valence-electron chi connectivity index (χ3n) is 8.33. The van der Waals surface area contributed by atoms with Crippen LogP contribution < -0.4 is 16.1 Å². The molecule has 0 unspecified atom stereocenters. The van der Waals surface area contributed by atoms with E-state index in [1.165, 1.54) is 11.1 Å². The van der Waals surface area contributed by atoms with Crippen molar-refractivity contribution >= 4 is 23.7 Å². The highest BCUT2D eigenvalue weighted by atomic mass is 16.5. The molecule has 2 heterocycles. The van der Waals surface area contributed by atoms with E-state index in [0.29, 0.717) is 50.8 Å². The maximum Gasteiger partial charge on any atom is 0.325 e. The number of nitrogens with one attached hydrogen (secondary N) is 3. The number of benzene rings is 1. The largest absolute Gasteiger partial charge is 0.508 e. The summed E-state index contributed by atoms with van der Waals surface area (Å²) in [5, 5.41) is 17.2. The molecular formula is C35H52N4O7. The summed E-state index contributed by atoms with van der Waals surface area (Å²) in [7, 11) is 1.61. The number of allylic oxidation sites excluding steroid dienone is 2. The van der Waals surface area contributed by atoms with Crippen LogP contribution in [-0.4, -0.2) is 78.3 Å². The van der Waals surface area contributed by atoms with Gasteiger partial charge >= 0.3 is 5.97 Å². The number of carbonyl (C=O) groups excluding carboxylic acids is 4. The molecule has 1 fully saturated rings. The molecule has 1 saturated heterocycles. The lowest BCUT2D eigenvalue weighted by Crippen LogP contribution is -2.62. The zero-order valence-electron chi connectivity index (χ0n) is 27.8. The molecule has 11 heteroatoms. The van der Waals surface area contributed by atoms with Gasteiger partial charge in [-0.25, -0.2) is 5.43 Å². The SMILES string of the molecule is COC/C=C(\C)[C@@H]1CCC/C=C/CCCCC(=O)N[C@@H](C(C)C)C(=O)N[C@@H](Cc2cccc(O)c2)C(=O)N2CCC[C@H](N2)C(=O)O1. The smallest absolute Gasteiger partial charge is 0.325 e. The minimum Gasteiger partial charge on any atom is -0.508 e. The molecule has 2 aliphatic heterocycles. The maximum atomic E-state index is 14.0. The molecule has 2 aliphatic rings. The summed E-state index contributed by atoms with van der Waals surface area (Å²) < 4.78 is 11.2. The van der Waals surface area contributed by atoms with Gasteiger partial charge in [0, 0.05) is 26.5 Å². The van der Waals surface area contributed by atoms with Gasteiger partial charge in [0.25, 0.3) is 5.91 Å². The number of amides is 3. The van der Waals surface area contributed by atoms with Crippen LogP contribution >= 0.6 is 0 Å². The van der Waals surface area contributed by atoms with Crippen molar-refractivity contribution in [1.29, 1.82) is 0 Å². The molecule has 0 aromatic heterocycles. The zero-order valence-corrected chi connectivity index (χ0v) is 27.8. The van der Waals surface area contributed by atoms with Gasteiger partial charge in [-0.2, -0.15) is 0 Å². The summed E-state index contributed by atoms with van der Waals surface area (Å²) in [6.07, 6.45) is 11.9. The minimum atomic E-state index is -1.02. The summed E-state index contributed by atoms with van der Waals surface area (Å²) in [6, 6.07) is 3.91.